The molecule has 29 heavy (non-hydrogen) atoms. The van der Waals surface area contributed by atoms with Crippen LogP contribution in [-0.2, 0) is 11.3 Å². The summed E-state index contributed by atoms with van der Waals surface area (Å²) in [7, 11) is 0. The second-order valence-corrected chi connectivity index (χ2v) is 8.47. The van der Waals surface area contributed by atoms with E-state index in [2.05, 4.69) is 75.1 Å². The van der Waals surface area contributed by atoms with Gasteiger partial charge in [0.2, 0.25) is 5.91 Å². The number of carbonyl (C=O) groups is 1. The van der Waals surface area contributed by atoms with Gasteiger partial charge < -0.3 is 9.47 Å². The molecule has 2 aromatic carbocycles. The Kier molecular flexibility index (Phi) is 4.66. The Morgan fingerprint density at radius 1 is 1.03 bits per heavy atom. The summed E-state index contributed by atoms with van der Waals surface area (Å²) in [5.74, 6) is 2.04. The lowest BCUT2D eigenvalue weighted by Gasteiger charge is -2.17. The Balaban J connectivity index is 1.29. The smallest absolute Gasteiger partial charge is 0.225 e. The quantitative estimate of drug-likeness (QED) is 0.661. The molecule has 3 aromatic rings. The number of benzene rings is 2. The van der Waals surface area contributed by atoms with Gasteiger partial charge in [0.25, 0.3) is 0 Å². The van der Waals surface area contributed by atoms with Gasteiger partial charge in [-0.2, -0.15) is 0 Å². The zero-order valence-corrected chi connectivity index (χ0v) is 16.8. The van der Waals surface area contributed by atoms with E-state index in [1.54, 1.807) is 0 Å². The third-order valence-corrected chi connectivity index (χ3v) is 6.09. The molecule has 5 nitrogen and oxygen atoms in total. The van der Waals surface area contributed by atoms with Gasteiger partial charge >= 0.3 is 0 Å². The first-order chi connectivity index (χ1) is 14.2. The van der Waals surface area contributed by atoms with E-state index in [1.807, 2.05) is 6.33 Å². The van der Waals surface area contributed by atoms with Crippen molar-refractivity contribution in [1.82, 2.24) is 19.7 Å². The third kappa shape index (κ3) is 3.82. The molecule has 2 fully saturated rings. The zero-order chi connectivity index (χ0) is 19.8. The number of rotatable bonds is 5. The number of aryl methyl sites for hydroxylation is 1. The number of carbonyl (C=O) groups excluding carboxylic acids is 1. The van der Waals surface area contributed by atoms with Crippen LogP contribution in [0.1, 0.15) is 24.8 Å². The van der Waals surface area contributed by atoms with Crippen LogP contribution in [0.15, 0.2) is 54.9 Å². The fraction of sp³-hybridized carbons (Fsp3) is 0.375. The second kappa shape index (κ2) is 7.47. The van der Waals surface area contributed by atoms with E-state index in [-0.39, 0.29) is 0 Å². The van der Waals surface area contributed by atoms with Crippen molar-refractivity contribution in [3.63, 3.8) is 0 Å². The highest BCUT2D eigenvalue weighted by Crippen LogP contribution is 2.33. The summed E-state index contributed by atoms with van der Waals surface area (Å²) in [4.78, 5) is 14.4. The standard InChI is InChI=1S/C24H26N4O/c1-17-3-2-4-22(13-17)19-5-7-20(8-6-19)23-26-25-16-28(23)15-18-11-12-27(14-18)24(29)21-9-10-21/h2-8,13,16,18,21H,9-12,14-15H2,1H3/t18-/m0/s1. The Morgan fingerprint density at radius 2 is 1.83 bits per heavy atom. The molecule has 0 spiro atoms. The van der Waals surface area contributed by atoms with Gasteiger partial charge in [0, 0.05) is 31.1 Å². The average Bonchev–Trinajstić information content (AvgIpc) is 3.32. The molecule has 1 aromatic heterocycles. The van der Waals surface area contributed by atoms with Crippen molar-refractivity contribution in [3.05, 3.63) is 60.4 Å². The highest BCUT2D eigenvalue weighted by molar-refractivity contribution is 5.81. The van der Waals surface area contributed by atoms with Gasteiger partial charge in [-0.25, -0.2) is 0 Å². The molecule has 1 saturated carbocycles. The molecule has 1 amide bonds. The normalized spacial score (nSPS) is 18.9. The molecule has 1 aliphatic carbocycles. The number of nitrogens with zero attached hydrogens (tertiary/aromatic N) is 4. The number of hydrogen-bond donors (Lipinski definition) is 0. The van der Waals surface area contributed by atoms with Crippen LogP contribution in [-0.4, -0.2) is 38.7 Å². The van der Waals surface area contributed by atoms with E-state index in [0.717, 1.165) is 50.3 Å². The second-order valence-electron chi connectivity index (χ2n) is 8.47. The fourth-order valence-electron chi connectivity index (χ4n) is 4.30. The maximum absolute atomic E-state index is 12.3. The summed E-state index contributed by atoms with van der Waals surface area (Å²) in [6.07, 6.45) is 5.03. The molecule has 1 saturated heterocycles. The lowest BCUT2D eigenvalue weighted by Crippen LogP contribution is -2.30. The molecular weight excluding hydrogens is 360 g/mol. The lowest BCUT2D eigenvalue weighted by molar-refractivity contribution is -0.131. The van der Waals surface area contributed by atoms with Crippen LogP contribution in [0.4, 0.5) is 0 Å². The Morgan fingerprint density at radius 3 is 2.59 bits per heavy atom. The first-order valence-electron chi connectivity index (χ1n) is 10.5. The van der Waals surface area contributed by atoms with Crippen molar-refractivity contribution in [2.75, 3.05) is 13.1 Å². The monoisotopic (exact) mass is 386 g/mol. The van der Waals surface area contributed by atoms with Crippen molar-refractivity contribution in [2.45, 2.75) is 32.7 Å². The molecule has 5 heteroatoms. The first kappa shape index (κ1) is 18.1. The van der Waals surface area contributed by atoms with E-state index >= 15 is 0 Å². The molecule has 2 heterocycles. The van der Waals surface area contributed by atoms with Gasteiger partial charge in [-0.05, 0) is 43.2 Å². The summed E-state index contributed by atoms with van der Waals surface area (Å²) in [6.45, 7) is 4.72. The van der Waals surface area contributed by atoms with E-state index in [1.165, 1.54) is 16.7 Å². The molecule has 148 valence electrons. The van der Waals surface area contributed by atoms with Crippen molar-refractivity contribution >= 4 is 5.91 Å². The highest BCUT2D eigenvalue weighted by Gasteiger charge is 2.36. The van der Waals surface area contributed by atoms with Gasteiger partial charge in [-0.1, -0.05) is 54.1 Å². The maximum atomic E-state index is 12.3. The summed E-state index contributed by atoms with van der Waals surface area (Å²) in [6, 6.07) is 17.1. The molecule has 1 aliphatic heterocycles. The third-order valence-electron chi connectivity index (χ3n) is 6.09. The zero-order valence-electron chi connectivity index (χ0n) is 16.8. The summed E-state index contributed by atoms with van der Waals surface area (Å²) in [5.41, 5.74) is 4.76. The minimum Gasteiger partial charge on any atom is -0.342 e. The van der Waals surface area contributed by atoms with Crippen LogP contribution in [0.3, 0.4) is 0 Å². The highest BCUT2D eigenvalue weighted by atomic mass is 16.2. The van der Waals surface area contributed by atoms with Crippen LogP contribution < -0.4 is 0 Å². The molecule has 0 bridgehead atoms. The molecule has 1 atom stereocenters. The van der Waals surface area contributed by atoms with E-state index < -0.39 is 0 Å². The number of amides is 1. The predicted octanol–water partition coefficient (Wildman–Crippen LogP) is 4.18. The van der Waals surface area contributed by atoms with Gasteiger partial charge in [0.15, 0.2) is 5.82 Å². The Hall–Kier alpha value is -2.95. The van der Waals surface area contributed by atoms with Crippen molar-refractivity contribution in [3.8, 4) is 22.5 Å². The maximum Gasteiger partial charge on any atom is 0.225 e. The summed E-state index contributed by atoms with van der Waals surface area (Å²) < 4.78 is 2.14. The first-order valence-corrected chi connectivity index (χ1v) is 10.5. The van der Waals surface area contributed by atoms with E-state index in [9.17, 15) is 4.79 Å². The van der Waals surface area contributed by atoms with Crippen molar-refractivity contribution in [2.24, 2.45) is 11.8 Å². The van der Waals surface area contributed by atoms with Crippen LogP contribution >= 0.6 is 0 Å². The topological polar surface area (TPSA) is 51.0 Å². The SMILES string of the molecule is Cc1cccc(-c2ccc(-c3nncn3C[C@H]3CCN(C(=O)C4CC4)C3)cc2)c1. The summed E-state index contributed by atoms with van der Waals surface area (Å²) in [5, 5.41) is 8.53. The Labute approximate surface area is 171 Å². The number of aromatic nitrogens is 3. The minimum atomic E-state index is 0.311. The number of hydrogen-bond acceptors (Lipinski definition) is 3. The number of likely N-dealkylation sites (tertiary alicyclic amines) is 1. The van der Waals surface area contributed by atoms with E-state index in [0.29, 0.717) is 17.7 Å². The fourth-order valence-corrected chi connectivity index (χ4v) is 4.30. The van der Waals surface area contributed by atoms with Gasteiger partial charge in [0.05, 0.1) is 0 Å². The van der Waals surface area contributed by atoms with Gasteiger partial charge in [-0.15, -0.1) is 10.2 Å². The van der Waals surface area contributed by atoms with Gasteiger partial charge in [0.1, 0.15) is 6.33 Å². The molecule has 5 rings (SSSR count). The van der Waals surface area contributed by atoms with Crippen LogP contribution in [0.25, 0.3) is 22.5 Å². The van der Waals surface area contributed by atoms with Crippen molar-refractivity contribution < 1.29 is 4.79 Å². The minimum absolute atomic E-state index is 0.311. The largest absolute Gasteiger partial charge is 0.342 e. The van der Waals surface area contributed by atoms with Crippen LogP contribution in [0.5, 0.6) is 0 Å². The average molecular weight is 386 g/mol. The molecule has 0 unspecified atom stereocenters. The molecule has 0 radical (unpaired) electrons. The molecule has 2 aliphatic rings. The van der Waals surface area contributed by atoms with Crippen LogP contribution in [0.2, 0.25) is 0 Å². The Bertz CT molecular complexity index is 1020. The predicted molar refractivity (Wildman–Crippen MR) is 113 cm³/mol. The lowest BCUT2D eigenvalue weighted by atomic mass is 10.0. The van der Waals surface area contributed by atoms with Crippen LogP contribution in [0, 0.1) is 18.8 Å². The summed E-state index contributed by atoms with van der Waals surface area (Å²) >= 11 is 0. The van der Waals surface area contributed by atoms with Crippen molar-refractivity contribution in [1.29, 1.82) is 0 Å². The van der Waals surface area contributed by atoms with Gasteiger partial charge in [-0.3, -0.25) is 4.79 Å². The molecule has 0 N–H and O–H groups in total. The van der Waals surface area contributed by atoms with E-state index in [4.69, 9.17) is 0 Å². The molecular formula is C24H26N4O.